The summed E-state index contributed by atoms with van der Waals surface area (Å²) in [4.78, 5) is 1.31. The number of fused-ring (bicyclic) bond motifs is 3. The molecule has 5 rings (SSSR count). The molecule has 0 atom stereocenters. The summed E-state index contributed by atoms with van der Waals surface area (Å²) < 4.78 is 8.96. The van der Waals surface area contributed by atoms with E-state index in [-0.39, 0.29) is 5.41 Å². The van der Waals surface area contributed by atoms with Crippen molar-refractivity contribution < 1.29 is 9.30 Å². The first-order valence-corrected chi connectivity index (χ1v) is 10.4. The van der Waals surface area contributed by atoms with E-state index in [1.807, 2.05) is 11.3 Å². The average molecular weight is 375 g/mol. The number of benzene rings is 2. The van der Waals surface area contributed by atoms with Crippen LogP contribution >= 0.6 is 11.3 Å². The van der Waals surface area contributed by atoms with Crippen LogP contribution in [0.2, 0.25) is 0 Å². The summed E-state index contributed by atoms with van der Waals surface area (Å²) >= 11 is 1.81. The number of hydrogen-bond donors (Lipinski definition) is 0. The highest BCUT2D eigenvalue weighted by atomic mass is 32.1. The van der Waals surface area contributed by atoms with Gasteiger partial charge in [-0.25, -0.2) is 0 Å². The van der Waals surface area contributed by atoms with E-state index in [0.29, 0.717) is 0 Å². The lowest BCUT2D eigenvalue weighted by Crippen LogP contribution is -2.34. The number of rotatable bonds is 1. The zero-order valence-corrected chi connectivity index (χ0v) is 17.3. The fraction of sp³-hybridized carbons (Fsp3) is 0.292. The van der Waals surface area contributed by atoms with Crippen molar-refractivity contribution in [2.75, 3.05) is 0 Å². The van der Waals surface area contributed by atoms with Gasteiger partial charge in [-0.3, -0.25) is 0 Å². The second kappa shape index (κ2) is 5.56. The van der Waals surface area contributed by atoms with Crippen LogP contribution in [0.4, 0.5) is 0 Å². The first kappa shape index (κ1) is 16.8. The summed E-state index contributed by atoms with van der Waals surface area (Å²) in [5.74, 6) is 2.01. The highest BCUT2D eigenvalue weighted by Gasteiger charge is 2.35. The molecule has 0 amide bonds. The molecular weight excluding hydrogens is 350 g/mol. The van der Waals surface area contributed by atoms with Gasteiger partial charge in [0, 0.05) is 10.9 Å². The Morgan fingerprint density at radius 2 is 1.89 bits per heavy atom. The molecular formula is C24H24NOS+. The van der Waals surface area contributed by atoms with E-state index < -0.39 is 0 Å². The molecule has 0 bridgehead atoms. The first-order valence-electron chi connectivity index (χ1n) is 9.48. The molecule has 0 unspecified atom stereocenters. The Labute approximate surface area is 164 Å². The number of aromatic nitrogens is 1. The number of aryl methyl sites for hydroxylation is 2. The average Bonchev–Trinajstić information content (AvgIpc) is 3.10. The summed E-state index contributed by atoms with van der Waals surface area (Å²) in [7, 11) is 2.17. The number of pyridine rings is 1. The summed E-state index contributed by atoms with van der Waals surface area (Å²) in [6.45, 7) is 9.11. The van der Waals surface area contributed by atoms with Gasteiger partial charge in [0.25, 0.3) is 10.5 Å². The van der Waals surface area contributed by atoms with E-state index in [4.69, 9.17) is 4.74 Å². The SMILES string of the molecule is Cc1ccc2cccc3c2c1-c1c(c(CC(C)(C)C)c2ccsc2[n+]1C)O3. The second-order valence-electron chi connectivity index (χ2n) is 8.81. The molecule has 0 spiro atoms. The van der Waals surface area contributed by atoms with Gasteiger partial charge >= 0.3 is 0 Å². The fourth-order valence-electron chi connectivity index (χ4n) is 4.36. The molecule has 3 heterocycles. The third-order valence-electron chi connectivity index (χ3n) is 5.47. The molecule has 1 aliphatic heterocycles. The van der Waals surface area contributed by atoms with Crippen LogP contribution in [0.5, 0.6) is 11.5 Å². The van der Waals surface area contributed by atoms with Crippen molar-refractivity contribution in [3.8, 4) is 22.8 Å². The van der Waals surface area contributed by atoms with Crippen LogP contribution in [0.15, 0.2) is 41.8 Å². The number of ether oxygens (including phenoxy) is 1. The van der Waals surface area contributed by atoms with Crippen LogP contribution in [0.25, 0.3) is 32.2 Å². The van der Waals surface area contributed by atoms with Crippen molar-refractivity contribution in [3.63, 3.8) is 0 Å². The van der Waals surface area contributed by atoms with Crippen LogP contribution in [0.1, 0.15) is 31.9 Å². The lowest BCUT2D eigenvalue weighted by atomic mass is 9.85. The smallest absolute Gasteiger partial charge is 0.269 e. The maximum Gasteiger partial charge on any atom is 0.269 e. The fourth-order valence-corrected chi connectivity index (χ4v) is 5.26. The van der Waals surface area contributed by atoms with Gasteiger partial charge in [-0.15, -0.1) is 0 Å². The third kappa shape index (κ3) is 2.41. The Kier molecular flexibility index (Phi) is 3.45. The van der Waals surface area contributed by atoms with Gasteiger partial charge in [0.2, 0.25) is 5.75 Å². The number of nitrogens with zero attached hydrogens (tertiary/aromatic N) is 1. The van der Waals surface area contributed by atoms with Crippen molar-refractivity contribution in [2.24, 2.45) is 12.5 Å². The summed E-state index contributed by atoms with van der Waals surface area (Å²) in [5.41, 5.74) is 5.35. The molecule has 2 aromatic heterocycles. The van der Waals surface area contributed by atoms with Crippen molar-refractivity contribution in [3.05, 3.63) is 52.9 Å². The Morgan fingerprint density at radius 1 is 1.07 bits per heavy atom. The zero-order chi connectivity index (χ0) is 18.9. The van der Waals surface area contributed by atoms with Crippen LogP contribution in [0.3, 0.4) is 0 Å². The van der Waals surface area contributed by atoms with E-state index in [2.05, 4.69) is 81.1 Å². The van der Waals surface area contributed by atoms with Gasteiger partial charge in [0.15, 0.2) is 0 Å². The topological polar surface area (TPSA) is 13.1 Å². The second-order valence-corrected chi connectivity index (χ2v) is 9.70. The van der Waals surface area contributed by atoms with Crippen LogP contribution in [-0.4, -0.2) is 0 Å². The van der Waals surface area contributed by atoms with Gasteiger partial charge in [-0.2, -0.15) is 4.57 Å². The highest BCUT2D eigenvalue weighted by molar-refractivity contribution is 7.16. The number of hydrogen-bond acceptors (Lipinski definition) is 2. The van der Waals surface area contributed by atoms with Gasteiger partial charge in [0.1, 0.15) is 12.8 Å². The predicted molar refractivity (Wildman–Crippen MR) is 114 cm³/mol. The highest BCUT2D eigenvalue weighted by Crippen LogP contribution is 2.50. The molecule has 0 N–H and O–H groups in total. The van der Waals surface area contributed by atoms with Gasteiger partial charge < -0.3 is 4.74 Å². The summed E-state index contributed by atoms with van der Waals surface area (Å²) in [6.07, 6.45) is 0.987. The van der Waals surface area contributed by atoms with Gasteiger partial charge in [-0.1, -0.05) is 56.4 Å². The van der Waals surface area contributed by atoms with E-state index in [9.17, 15) is 0 Å². The van der Waals surface area contributed by atoms with E-state index in [0.717, 1.165) is 17.9 Å². The summed E-state index contributed by atoms with van der Waals surface area (Å²) in [5, 5.41) is 5.99. The minimum absolute atomic E-state index is 0.184. The zero-order valence-electron chi connectivity index (χ0n) is 16.5. The maximum absolute atomic E-state index is 6.62. The number of thiophene rings is 1. The van der Waals surface area contributed by atoms with Crippen molar-refractivity contribution in [1.82, 2.24) is 0 Å². The Morgan fingerprint density at radius 3 is 2.67 bits per heavy atom. The largest absolute Gasteiger partial charge is 0.449 e. The van der Waals surface area contributed by atoms with Gasteiger partial charge in [0.05, 0.1) is 10.9 Å². The van der Waals surface area contributed by atoms with E-state index >= 15 is 0 Å². The third-order valence-corrected chi connectivity index (χ3v) is 6.46. The van der Waals surface area contributed by atoms with Crippen molar-refractivity contribution in [2.45, 2.75) is 34.1 Å². The predicted octanol–water partition coefficient (Wildman–Crippen LogP) is 6.55. The molecule has 0 radical (unpaired) electrons. The monoisotopic (exact) mass is 374 g/mol. The first-order chi connectivity index (χ1) is 12.8. The quantitative estimate of drug-likeness (QED) is 0.303. The lowest BCUT2D eigenvalue weighted by Gasteiger charge is -2.26. The normalized spacial score (nSPS) is 13.1. The van der Waals surface area contributed by atoms with Crippen LogP contribution in [-0.2, 0) is 13.5 Å². The molecule has 27 heavy (non-hydrogen) atoms. The standard InChI is InChI=1S/C24H24NOS/c1-14-9-10-15-7-6-8-18-20(15)19(14)21-22(26-18)17(13-24(2,3)4)16-11-12-27-23(16)25(21)5/h6-12H,13H2,1-5H3/q+1. The molecule has 0 aliphatic carbocycles. The molecule has 136 valence electrons. The molecule has 2 aromatic carbocycles. The molecule has 2 nitrogen and oxygen atoms in total. The molecule has 3 heteroatoms. The maximum atomic E-state index is 6.62. The summed E-state index contributed by atoms with van der Waals surface area (Å²) in [6, 6.07) is 13.1. The van der Waals surface area contributed by atoms with E-state index in [1.54, 1.807) is 0 Å². The molecule has 0 saturated heterocycles. The minimum Gasteiger partial charge on any atom is -0.449 e. The molecule has 1 aliphatic rings. The van der Waals surface area contributed by atoms with Gasteiger partial charge in [-0.05, 0) is 47.2 Å². The van der Waals surface area contributed by atoms with E-state index in [1.165, 1.54) is 43.4 Å². The molecule has 4 aromatic rings. The molecule has 0 saturated carbocycles. The minimum atomic E-state index is 0.184. The van der Waals surface area contributed by atoms with Crippen LogP contribution in [0, 0.1) is 12.3 Å². The Balaban J connectivity index is 1.97. The van der Waals surface area contributed by atoms with Crippen molar-refractivity contribution in [1.29, 1.82) is 0 Å². The Hall–Kier alpha value is -2.39. The van der Waals surface area contributed by atoms with Crippen molar-refractivity contribution >= 4 is 32.3 Å². The molecule has 0 fully saturated rings. The Bertz CT molecular complexity index is 1230. The lowest BCUT2D eigenvalue weighted by molar-refractivity contribution is -0.631. The van der Waals surface area contributed by atoms with Crippen LogP contribution < -0.4 is 9.30 Å².